The van der Waals surface area contributed by atoms with Gasteiger partial charge in [0.25, 0.3) is 5.91 Å². The maximum absolute atomic E-state index is 13.8. The van der Waals surface area contributed by atoms with E-state index in [2.05, 4.69) is 40.5 Å². The molecule has 8 nitrogen and oxygen atoms in total. The van der Waals surface area contributed by atoms with Crippen molar-refractivity contribution < 1.29 is 26.8 Å². The average Bonchev–Trinajstić information content (AvgIpc) is 3.72. The number of sulfonamides is 1. The Morgan fingerprint density at radius 1 is 1.00 bits per heavy atom. The summed E-state index contributed by atoms with van der Waals surface area (Å²) in [6.07, 6.45) is 4.25. The fourth-order valence-electron chi connectivity index (χ4n) is 6.92. The predicted octanol–water partition coefficient (Wildman–Crippen LogP) is 6.89. The Morgan fingerprint density at radius 3 is 2.46 bits per heavy atom. The van der Waals surface area contributed by atoms with Crippen molar-refractivity contribution in [2.45, 2.75) is 31.5 Å². The third-order valence-electron chi connectivity index (χ3n) is 9.45. The van der Waals surface area contributed by atoms with Crippen LogP contribution in [0.2, 0.25) is 0 Å². The zero-order valence-electron chi connectivity index (χ0n) is 25.6. The highest BCUT2D eigenvalue weighted by Crippen LogP contribution is 2.53. The zero-order valence-corrected chi connectivity index (χ0v) is 26.4. The quantitative estimate of drug-likeness (QED) is 0.218. The molecular weight excluding hydrogens is 605 g/mol. The minimum absolute atomic E-state index is 0.0267. The summed E-state index contributed by atoms with van der Waals surface area (Å²) in [6, 6.07) is 23.7. The van der Waals surface area contributed by atoms with Gasteiger partial charge >= 0.3 is 0 Å². The van der Waals surface area contributed by atoms with Crippen LogP contribution in [-0.2, 0) is 16.4 Å². The molecule has 0 saturated heterocycles. The molecular formula is C36H32FN3O5S. The lowest BCUT2D eigenvalue weighted by Crippen LogP contribution is -2.45. The topological polar surface area (TPSA) is 92.1 Å². The number of amides is 1. The molecule has 0 radical (unpaired) electrons. The van der Waals surface area contributed by atoms with Gasteiger partial charge in [-0.3, -0.25) is 9.10 Å². The first-order chi connectivity index (χ1) is 22.1. The zero-order chi connectivity index (χ0) is 31.9. The number of para-hydroxylation sites is 1. The molecule has 3 aliphatic rings. The molecule has 8 rings (SSSR count). The number of nitrogens with zero attached hydrogens (tertiary/aromatic N) is 2. The van der Waals surface area contributed by atoms with Crippen LogP contribution in [-0.4, -0.2) is 40.9 Å². The van der Waals surface area contributed by atoms with E-state index in [-0.39, 0.29) is 29.5 Å². The van der Waals surface area contributed by atoms with Crippen molar-refractivity contribution in [3.05, 3.63) is 101 Å². The van der Waals surface area contributed by atoms with Gasteiger partial charge in [0.1, 0.15) is 22.9 Å². The van der Waals surface area contributed by atoms with Gasteiger partial charge in [-0.2, -0.15) is 0 Å². The van der Waals surface area contributed by atoms with Gasteiger partial charge in [0.15, 0.2) is 6.23 Å². The Kier molecular flexibility index (Phi) is 6.44. The SMILES string of the molecule is CNC(=O)c1c(-c2ccc(F)cc2)oc2cc(N(C)S(C)(=O)=O)c(-c3ccc4c(c3)C3Cc5ccccc5N3C(C3CC3)O4)cc12. The molecule has 3 heterocycles. The first kappa shape index (κ1) is 28.6. The lowest BCUT2D eigenvalue weighted by molar-refractivity contribution is 0.0964. The number of carbonyl (C=O) groups is 1. The van der Waals surface area contributed by atoms with Crippen molar-refractivity contribution >= 4 is 38.3 Å². The minimum atomic E-state index is -3.68. The van der Waals surface area contributed by atoms with Crippen LogP contribution in [0.5, 0.6) is 5.75 Å². The molecule has 1 aromatic heterocycles. The second kappa shape index (κ2) is 10.3. The van der Waals surface area contributed by atoms with E-state index in [1.165, 1.54) is 41.8 Å². The molecule has 5 aromatic rings. The number of fused-ring (bicyclic) bond motifs is 6. The number of benzene rings is 4. The van der Waals surface area contributed by atoms with Crippen molar-refractivity contribution in [3.8, 4) is 28.2 Å². The van der Waals surface area contributed by atoms with Crippen LogP contribution >= 0.6 is 0 Å². The van der Waals surface area contributed by atoms with Gasteiger partial charge in [0, 0.05) is 53.8 Å². The Labute approximate surface area is 266 Å². The highest BCUT2D eigenvalue weighted by atomic mass is 32.2. The molecule has 1 fully saturated rings. The first-order valence-corrected chi connectivity index (χ1v) is 17.2. The fourth-order valence-corrected chi connectivity index (χ4v) is 7.43. The maximum atomic E-state index is 13.8. The Hall–Kier alpha value is -4.83. The molecule has 2 unspecified atom stereocenters. The summed E-state index contributed by atoms with van der Waals surface area (Å²) in [6.45, 7) is 0. The molecule has 234 valence electrons. The largest absolute Gasteiger partial charge is 0.470 e. The summed E-state index contributed by atoms with van der Waals surface area (Å²) in [5.41, 5.74) is 6.44. The standard InChI is InChI=1S/C36H32FN3O5S/c1-38-35(41)33-27-18-25(29(39(2)46(3,42)43)19-32(27)44-34(33)20-10-13-24(37)14-11-20)22-12-15-31-26(16-22)30-17-23-6-4-5-7-28(23)40(30)36(45-31)21-8-9-21/h4-7,10-16,18-19,21,30,36H,8-9,17H2,1-3H3,(H,38,41). The van der Waals surface area contributed by atoms with E-state index in [1.54, 1.807) is 18.2 Å². The van der Waals surface area contributed by atoms with Crippen LogP contribution in [0, 0.1) is 11.7 Å². The van der Waals surface area contributed by atoms with E-state index in [0.717, 1.165) is 42.4 Å². The fraction of sp³-hybridized carbons (Fsp3) is 0.250. The van der Waals surface area contributed by atoms with Gasteiger partial charge in [-0.05, 0) is 78.9 Å². The average molecular weight is 638 g/mol. The van der Waals surface area contributed by atoms with Crippen molar-refractivity contribution in [1.82, 2.24) is 5.32 Å². The number of halogens is 1. The number of hydrogen-bond donors (Lipinski definition) is 1. The molecule has 1 aliphatic carbocycles. The summed E-state index contributed by atoms with van der Waals surface area (Å²) < 4.78 is 53.7. The molecule has 1 amide bonds. The summed E-state index contributed by atoms with van der Waals surface area (Å²) in [7, 11) is -0.642. The number of anilines is 2. The molecule has 1 saturated carbocycles. The predicted molar refractivity (Wildman–Crippen MR) is 176 cm³/mol. The van der Waals surface area contributed by atoms with Crippen molar-refractivity contribution in [2.75, 3.05) is 29.6 Å². The molecule has 2 atom stereocenters. The molecule has 0 bridgehead atoms. The Morgan fingerprint density at radius 2 is 1.74 bits per heavy atom. The molecule has 1 N–H and O–H groups in total. The first-order valence-electron chi connectivity index (χ1n) is 15.3. The van der Waals surface area contributed by atoms with Gasteiger partial charge in [0.2, 0.25) is 10.0 Å². The Bertz CT molecular complexity index is 2160. The van der Waals surface area contributed by atoms with Gasteiger partial charge in [-0.25, -0.2) is 12.8 Å². The van der Waals surface area contributed by atoms with Crippen molar-refractivity contribution in [3.63, 3.8) is 0 Å². The maximum Gasteiger partial charge on any atom is 0.255 e. The van der Waals surface area contributed by atoms with Gasteiger partial charge in [-0.15, -0.1) is 0 Å². The van der Waals surface area contributed by atoms with E-state index in [1.807, 2.05) is 18.2 Å². The number of rotatable bonds is 6. The van der Waals surface area contributed by atoms with E-state index in [9.17, 15) is 17.6 Å². The minimum Gasteiger partial charge on any atom is -0.470 e. The van der Waals surface area contributed by atoms with Crippen LogP contribution in [0.3, 0.4) is 0 Å². The smallest absolute Gasteiger partial charge is 0.255 e. The van der Waals surface area contributed by atoms with E-state index >= 15 is 0 Å². The summed E-state index contributed by atoms with van der Waals surface area (Å²) in [5, 5.41) is 3.20. The molecule has 46 heavy (non-hydrogen) atoms. The van der Waals surface area contributed by atoms with Crippen molar-refractivity contribution in [2.24, 2.45) is 5.92 Å². The number of ether oxygens (including phenoxy) is 1. The highest BCUT2D eigenvalue weighted by Gasteiger charge is 2.47. The molecule has 10 heteroatoms. The van der Waals surface area contributed by atoms with Crippen LogP contribution in [0.1, 0.15) is 40.4 Å². The van der Waals surface area contributed by atoms with E-state index < -0.39 is 15.8 Å². The second-order valence-electron chi connectivity index (χ2n) is 12.3. The van der Waals surface area contributed by atoms with E-state index in [0.29, 0.717) is 33.7 Å². The molecule has 2 aliphatic heterocycles. The lowest BCUT2D eigenvalue weighted by atomic mass is 9.93. The molecule has 0 spiro atoms. The van der Waals surface area contributed by atoms with E-state index in [4.69, 9.17) is 9.15 Å². The van der Waals surface area contributed by atoms with Gasteiger partial charge in [0.05, 0.1) is 23.5 Å². The number of nitrogens with one attached hydrogen (secondary N) is 1. The third kappa shape index (κ3) is 4.54. The number of hydrogen-bond acceptors (Lipinski definition) is 6. The van der Waals surface area contributed by atoms with Crippen LogP contribution in [0.15, 0.2) is 83.3 Å². The second-order valence-corrected chi connectivity index (χ2v) is 14.4. The number of carbonyl (C=O) groups excluding carboxylic acids is 1. The van der Waals surface area contributed by atoms with Gasteiger partial charge in [-0.1, -0.05) is 24.3 Å². The lowest BCUT2D eigenvalue weighted by Gasteiger charge is -2.41. The molecule has 4 aromatic carbocycles. The summed E-state index contributed by atoms with van der Waals surface area (Å²) in [4.78, 5) is 15.7. The Balaban J connectivity index is 1.33. The van der Waals surface area contributed by atoms with Crippen LogP contribution < -0.4 is 19.3 Å². The van der Waals surface area contributed by atoms with Crippen LogP contribution in [0.4, 0.5) is 15.8 Å². The van der Waals surface area contributed by atoms with Crippen molar-refractivity contribution in [1.29, 1.82) is 0 Å². The summed E-state index contributed by atoms with van der Waals surface area (Å²) in [5.74, 6) is 0.797. The normalized spacial score (nSPS) is 18.5. The summed E-state index contributed by atoms with van der Waals surface area (Å²) >= 11 is 0. The third-order valence-corrected chi connectivity index (χ3v) is 10.6. The monoisotopic (exact) mass is 637 g/mol. The van der Waals surface area contributed by atoms with Crippen LogP contribution in [0.25, 0.3) is 33.4 Å². The van der Waals surface area contributed by atoms with Gasteiger partial charge < -0.3 is 19.4 Å². The highest BCUT2D eigenvalue weighted by molar-refractivity contribution is 7.92. The number of furan rings is 1.